The molecule has 0 bridgehead atoms. The SMILES string of the molecule is CCCCCCC(COP(=O)([O-])O)[N+](C)(C)C. The molecule has 0 saturated carbocycles. The lowest BCUT2D eigenvalue weighted by Gasteiger charge is -2.35. The Hall–Kier alpha value is 0.0700. The molecular weight excluding hydrogens is 241 g/mol. The van der Waals surface area contributed by atoms with Crippen molar-refractivity contribution in [2.24, 2.45) is 0 Å². The number of rotatable bonds is 9. The largest absolute Gasteiger partial charge is 0.756 e. The van der Waals surface area contributed by atoms with E-state index in [2.05, 4.69) is 11.4 Å². The van der Waals surface area contributed by atoms with Crippen molar-refractivity contribution < 1.29 is 23.4 Å². The maximum Gasteiger partial charge on any atom is 0.265 e. The molecule has 0 aliphatic heterocycles. The molecule has 0 aliphatic rings. The number of likely N-dealkylation sites (N-methyl/N-ethyl adjacent to an activating group) is 1. The van der Waals surface area contributed by atoms with Gasteiger partial charge in [0.1, 0.15) is 12.6 Å². The minimum atomic E-state index is -4.59. The average Bonchev–Trinajstić information content (AvgIpc) is 2.13. The first kappa shape index (κ1) is 17.1. The Labute approximate surface area is 105 Å². The van der Waals surface area contributed by atoms with Gasteiger partial charge in [-0.05, 0) is 6.42 Å². The van der Waals surface area contributed by atoms with Crippen molar-refractivity contribution >= 4 is 7.82 Å². The molecule has 0 aliphatic carbocycles. The zero-order valence-corrected chi connectivity index (χ0v) is 12.3. The third-order valence-electron chi connectivity index (χ3n) is 2.92. The molecule has 6 heteroatoms. The van der Waals surface area contributed by atoms with Crippen LogP contribution in [0.4, 0.5) is 0 Å². The number of nitrogens with zero attached hydrogens (tertiary/aromatic N) is 1. The highest BCUT2D eigenvalue weighted by molar-refractivity contribution is 7.44. The van der Waals surface area contributed by atoms with Crippen molar-refractivity contribution in [2.45, 2.75) is 45.1 Å². The Morgan fingerprint density at radius 3 is 2.29 bits per heavy atom. The zero-order chi connectivity index (χ0) is 13.5. The van der Waals surface area contributed by atoms with Gasteiger partial charge in [-0.1, -0.05) is 26.2 Å². The number of phosphoric ester groups is 1. The van der Waals surface area contributed by atoms with E-state index >= 15 is 0 Å². The Bertz CT molecular complexity index is 246. The number of quaternary nitrogens is 1. The van der Waals surface area contributed by atoms with Crippen molar-refractivity contribution in [2.75, 3.05) is 27.7 Å². The highest BCUT2D eigenvalue weighted by Crippen LogP contribution is 2.31. The summed E-state index contributed by atoms with van der Waals surface area (Å²) in [6, 6.07) is 0.0845. The fraction of sp³-hybridized carbons (Fsp3) is 1.00. The second-order valence-corrected chi connectivity index (χ2v) is 6.58. The Morgan fingerprint density at radius 1 is 1.29 bits per heavy atom. The van der Waals surface area contributed by atoms with Gasteiger partial charge in [0.25, 0.3) is 7.82 Å². The lowest BCUT2D eigenvalue weighted by Crippen LogP contribution is -2.47. The lowest BCUT2D eigenvalue weighted by molar-refractivity contribution is -0.896. The van der Waals surface area contributed by atoms with Crippen LogP contribution < -0.4 is 4.89 Å². The van der Waals surface area contributed by atoms with Crippen molar-refractivity contribution in [1.82, 2.24) is 0 Å². The normalized spacial score (nSPS) is 17.8. The Balaban J connectivity index is 4.12. The predicted octanol–water partition coefficient (Wildman–Crippen LogP) is 1.51. The minimum absolute atomic E-state index is 0.0485. The minimum Gasteiger partial charge on any atom is -0.756 e. The summed E-state index contributed by atoms with van der Waals surface area (Å²) in [5.41, 5.74) is 0. The van der Waals surface area contributed by atoms with Gasteiger partial charge in [0.2, 0.25) is 0 Å². The van der Waals surface area contributed by atoms with E-state index in [1.165, 1.54) is 12.8 Å². The number of unbranched alkanes of at least 4 members (excludes halogenated alkanes) is 3. The van der Waals surface area contributed by atoms with E-state index in [1.807, 2.05) is 21.1 Å². The van der Waals surface area contributed by atoms with Crippen LogP contribution in [0.15, 0.2) is 0 Å². The molecule has 1 N–H and O–H groups in total. The van der Waals surface area contributed by atoms with Gasteiger partial charge in [-0.3, -0.25) is 4.57 Å². The monoisotopic (exact) mass is 267 g/mol. The molecule has 0 fully saturated rings. The van der Waals surface area contributed by atoms with E-state index in [0.717, 1.165) is 19.3 Å². The Morgan fingerprint density at radius 2 is 1.88 bits per heavy atom. The first-order chi connectivity index (χ1) is 7.67. The van der Waals surface area contributed by atoms with Crippen molar-refractivity contribution in [3.63, 3.8) is 0 Å². The smallest absolute Gasteiger partial charge is 0.265 e. The molecule has 5 nitrogen and oxygen atoms in total. The zero-order valence-electron chi connectivity index (χ0n) is 11.4. The molecule has 0 aromatic rings. The summed E-state index contributed by atoms with van der Waals surface area (Å²) in [5, 5.41) is 0. The first-order valence-electron chi connectivity index (χ1n) is 6.16. The van der Waals surface area contributed by atoms with Crippen LogP contribution in [0.3, 0.4) is 0 Å². The summed E-state index contributed by atoms with van der Waals surface area (Å²) in [4.78, 5) is 19.2. The van der Waals surface area contributed by atoms with Gasteiger partial charge in [-0.15, -0.1) is 0 Å². The molecule has 0 rings (SSSR count). The average molecular weight is 267 g/mol. The van der Waals surface area contributed by atoms with E-state index in [9.17, 15) is 9.46 Å². The van der Waals surface area contributed by atoms with E-state index in [-0.39, 0.29) is 12.6 Å². The molecule has 0 spiro atoms. The first-order valence-corrected chi connectivity index (χ1v) is 7.66. The summed E-state index contributed by atoms with van der Waals surface area (Å²) >= 11 is 0. The molecule has 2 unspecified atom stereocenters. The molecule has 0 radical (unpaired) electrons. The van der Waals surface area contributed by atoms with Crippen molar-refractivity contribution in [1.29, 1.82) is 0 Å². The highest BCUT2D eigenvalue weighted by atomic mass is 31.2. The van der Waals surface area contributed by atoms with Gasteiger partial charge in [0.15, 0.2) is 0 Å². The standard InChI is InChI=1S/C11H26NO4P/c1-5-6-7-8-9-11(12(2,3)4)10-16-17(13,14)15/h11H,5-10H2,1-4H3,(H-,13,14,15). The summed E-state index contributed by atoms with van der Waals surface area (Å²) < 4.78 is 15.7. The molecule has 0 heterocycles. The summed E-state index contributed by atoms with van der Waals surface area (Å²) in [6.45, 7) is 2.20. The predicted molar refractivity (Wildman–Crippen MR) is 66.4 cm³/mol. The third kappa shape index (κ3) is 9.74. The van der Waals surface area contributed by atoms with Crippen LogP contribution in [-0.4, -0.2) is 43.2 Å². The molecule has 0 saturated heterocycles. The van der Waals surface area contributed by atoms with Crippen LogP contribution in [0.2, 0.25) is 0 Å². The maximum atomic E-state index is 10.6. The van der Waals surface area contributed by atoms with Crippen LogP contribution >= 0.6 is 7.82 Å². The molecule has 0 amide bonds. The molecule has 104 valence electrons. The van der Waals surface area contributed by atoms with Crippen LogP contribution in [0, 0.1) is 0 Å². The molecule has 2 atom stereocenters. The molecule has 17 heavy (non-hydrogen) atoms. The Kier molecular flexibility index (Phi) is 7.52. The van der Waals surface area contributed by atoms with Gasteiger partial charge in [0, 0.05) is 6.42 Å². The van der Waals surface area contributed by atoms with E-state index < -0.39 is 7.82 Å². The van der Waals surface area contributed by atoms with Crippen LogP contribution in [0.5, 0.6) is 0 Å². The van der Waals surface area contributed by atoms with Gasteiger partial charge in [-0.2, -0.15) is 0 Å². The maximum absolute atomic E-state index is 10.6. The molecule has 0 aromatic heterocycles. The third-order valence-corrected chi connectivity index (χ3v) is 3.39. The second-order valence-electron chi connectivity index (χ2n) is 5.38. The second kappa shape index (κ2) is 7.49. The fourth-order valence-corrected chi connectivity index (χ4v) is 2.04. The van der Waals surface area contributed by atoms with Crippen LogP contribution in [0.25, 0.3) is 0 Å². The number of hydrogen-bond acceptors (Lipinski definition) is 3. The number of hydrogen-bond donors (Lipinski definition) is 1. The van der Waals surface area contributed by atoms with Gasteiger partial charge in [-0.25, -0.2) is 0 Å². The summed E-state index contributed by atoms with van der Waals surface area (Å²) in [6.07, 6.45) is 5.50. The summed E-state index contributed by atoms with van der Waals surface area (Å²) in [5.74, 6) is 0. The van der Waals surface area contributed by atoms with Gasteiger partial charge in [0.05, 0.1) is 21.1 Å². The van der Waals surface area contributed by atoms with E-state index in [0.29, 0.717) is 4.48 Å². The van der Waals surface area contributed by atoms with E-state index in [4.69, 9.17) is 4.89 Å². The molecular formula is C11H26NO4P. The molecule has 0 aromatic carbocycles. The highest BCUT2D eigenvalue weighted by Gasteiger charge is 2.24. The van der Waals surface area contributed by atoms with Crippen LogP contribution in [0.1, 0.15) is 39.0 Å². The summed E-state index contributed by atoms with van der Waals surface area (Å²) in [7, 11) is 1.41. The van der Waals surface area contributed by atoms with Crippen molar-refractivity contribution in [3.8, 4) is 0 Å². The van der Waals surface area contributed by atoms with Gasteiger partial charge >= 0.3 is 0 Å². The quantitative estimate of drug-likeness (QED) is 0.390. The van der Waals surface area contributed by atoms with Gasteiger partial charge < -0.3 is 18.8 Å². The fourth-order valence-electron chi connectivity index (χ4n) is 1.68. The van der Waals surface area contributed by atoms with E-state index in [1.54, 1.807) is 0 Å². The topological polar surface area (TPSA) is 69.6 Å². The van der Waals surface area contributed by atoms with Crippen LogP contribution in [-0.2, 0) is 9.09 Å². The lowest BCUT2D eigenvalue weighted by atomic mass is 10.1. The number of phosphoric acid groups is 1. The van der Waals surface area contributed by atoms with Crippen molar-refractivity contribution in [3.05, 3.63) is 0 Å².